The van der Waals surface area contributed by atoms with Crippen molar-refractivity contribution in [3.63, 3.8) is 0 Å². The molecule has 4 aromatic rings. The number of hydrogen-bond donors (Lipinski definition) is 0. The van der Waals surface area contributed by atoms with E-state index < -0.39 is 11.6 Å². The third kappa shape index (κ3) is 7.71. The van der Waals surface area contributed by atoms with Gasteiger partial charge in [0.15, 0.2) is 5.60 Å². The van der Waals surface area contributed by atoms with Crippen LogP contribution in [0.25, 0.3) is 22.6 Å². The van der Waals surface area contributed by atoms with E-state index >= 15 is 0 Å². The van der Waals surface area contributed by atoms with Crippen molar-refractivity contribution >= 4 is 5.97 Å². The molecule has 4 rings (SSSR count). The largest absolute Gasteiger partial charge is 0.493 e. The molecule has 0 aliphatic heterocycles. The van der Waals surface area contributed by atoms with E-state index in [-0.39, 0.29) is 0 Å². The predicted octanol–water partition coefficient (Wildman–Crippen LogP) is 6.20. The van der Waals surface area contributed by atoms with Gasteiger partial charge in [0.2, 0.25) is 5.89 Å². The Labute approximate surface area is 230 Å². The van der Waals surface area contributed by atoms with Gasteiger partial charge in [-0.05, 0) is 82.4 Å². The second kappa shape index (κ2) is 12.6. The first-order valence-corrected chi connectivity index (χ1v) is 13.1. The van der Waals surface area contributed by atoms with Crippen molar-refractivity contribution in [3.8, 4) is 34.1 Å². The molecule has 0 spiro atoms. The van der Waals surface area contributed by atoms with E-state index in [9.17, 15) is 4.79 Å². The highest BCUT2D eigenvalue weighted by Gasteiger charge is 2.31. The van der Waals surface area contributed by atoms with Crippen molar-refractivity contribution in [1.82, 2.24) is 9.88 Å². The minimum atomic E-state index is -1.10. The van der Waals surface area contributed by atoms with Gasteiger partial charge in [-0.3, -0.25) is 0 Å². The standard InChI is InChI=1S/C32H36N2O5/c1-23-29(33-30(38-23)26-13-11-25(12-14-26)24-9-7-6-8-10-24)19-21-36-27-15-17-28(18-16-27)39-32(2,3)31(35)37-22-20-34(4)5/h6-18H,19-22H2,1-5H3. The van der Waals surface area contributed by atoms with Crippen molar-refractivity contribution in [2.75, 3.05) is 33.9 Å². The van der Waals surface area contributed by atoms with E-state index in [2.05, 4.69) is 24.3 Å². The quantitative estimate of drug-likeness (QED) is 0.203. The lowest BCUT2D eigenvalue weighted by Gasteiger charge is -2.24. The fourth-order valence-electron chi connectivity index (χ4n) is 3.92. The number of aryl methyl sites for hydroxylation is 1. The molecule has 7 nitrogen and oxygen atoms in total. The molecule has 1 aromatic heterocycles. The summed E-state index contributed by atoms with van der Waals surface area (Å²) in [7, 11) is 3.85. The van der Waals surface area contributed by atoms with Crippen LogP contribution in [0.1, 0.15) is 25.3 Å². The van der Waals surface area contributed by atoms with Crippen LogP contribution in [-0.2, 0) is 16.0 Å². The Hall–Kier alpha value is -4.10. The van der Waals surface area contributed by atoms with E-state index in [1.807, 2.05) is 68.4 Å². The van der Waals surface area contributed by atoms with Crippen molar-refractivity contribution < 1.29 is 23.4 Å². The highest BCUT2D eigenvalue weighted by atomic mass is 16.6. The molecule has 0 fully saturated rings. The van der Waals surface area contributed by atoms with Crippen LogP contribution >= 0.6 is 0 Å². The van der Waals surface area contributed by atoms with Gasteiger partial charge in [0.25, 0.3) is 0 Å². The van der Waals surface area contributed by atoms with Gasteiger partial charge in [-0.2, -0.15) is 0 Å². The molecular weight excluding hydrogens is 492 g/mol. The van der Waals surface area contributed by atoms with Crippen LogP contribution in [-0.4, -0.2) is 55.3 Å². The molecule has 0 aliphatic carbocycles. The molecule has 0 amide bonds. The number of ether oxygens (including phenoxy) is 3. The highest BCUT2D eigenvalue weighted by molar-refractivity contribution is 5.79. The maximum Gasteiger partial charge on any atom is 0.349 e. The zero-order valence-electron chi connectivity index (χ0n) is 23.3. The Bertz CT molecular complexity index is 1340. The van der Waals surface area contributed by atoms with Crippen molar-refractivity contribution in [1.29, 1.82) is 0 Å². The molecule has 0 saturated carbocycles. The van der Waals surface area contributed by atoms with Crippen LogP contribution in [0.3, 0.4) is 0 Å². The fourth-order valence-corrected chi connectivity index (χ4v) is 3.92. The van der Waals surface area contributed by atoms with Gasteiger partial charge in [-0.15, -0.1) is 0 Å². The SMILES string of the molecule is Cc1oc(-c2ccc(-c3ccccc3)cc2)nc1CCOc1ccc(OC(C)(C)C(=O)OCCN(C)C)cc1. The average molecular weight is 529 g/mol. The first-order valence-electron chi connectivity index (χ1n) is 13.1. The Morgan fingerprint density at radius 2 is 1.46 bits per heavy atom. The van der Waals surface area contributed by atoms with Crippen molar-refractivity contribution in [3.05, 3.63) is 90.3 Å². The summed E-state index contributed by atoms with van der Waals surface area (Å²) in [5.74, 6) is 2.24. The second-order valence-corrected chi connectivity index (χ2v) is 10.1. The Morgan fingerprint density at radius 3 is 2.13 bits per heavy atom. The molecule has 204 valence electrons. The van der Waals surface area contributed by atoms with Gasteiger partial charge in [-0.1, -0.05) is 42.5 Å². The first kappa shape index (κ1) is 27.9. The normalized spacial score (nSPS) is 11.4. The van der Waals surface area contributed by atoms with Gasteiger partial charge in [0, 0.05) is 18.5 Å². The minimum absolute atomic E-state index is 0.318. The molecule has 3 aromatic carbocycles. The molecule has 0 saturated heterocycles. The molecule has 0 unspecified atom stereocenters. The summed E-state index contributed by atoms with van der Waals surface area (Å²) in [5, 5.41) is 0. The number of likely N-dealkylation sites (N-methyl/N-ethyl adjacent to an activating group) is 1. The molecular formula is C32H36N2O5. The Balaban J connectivity index is 1.28. The Kier molecular flexibility index (Phi) is 9.04. The third-order valence-electron chi connectivity index (χ3n) is 6.20. The summed E-state index contributed by atoms with van der Waals surface area (Å²) in [4.78, 5) is 19.0. The van der Waals surface area contributed by atoms with Gasteiger partial charge in [0.1, 0.15) is 23.9 Å². The van der Waals surface area contributed by atoms with E-state index in [4.69, 9.17) is 23.6 Å². The minimum Gasteiger partial charge on any atom is -0.493 e. The molecule has 0 N–H and O–H groups in total. The predicted molar refractivity (Wildman–Crippen MR) is 152 cm³/mol. The lowest BCUT2D eigenvalue weighted by atomic mass is 10.0. The van der Waals surface area contributed by atoms with E-state index in [1.54, 1.807) is 26.0 Å². The first-order chi connectivity index (χ1) is 18.7. The molecule has 39 heavy (non-hydrogen) atoms. The van der Waals surface area contributed by atoms with Crippen LogP contribution in [0.4, 0.5) is 0 Å². The van der Waals surface area contributed by atoms with E-state index in [0.717, 1.165) is 22.6 Å². The number of benzene rings is 3. The van der Waals surface area contributed by atoms with E-state index in [0.29, 0.717) is 43.6 Å². The lowest BCUT2D eigenvalue weighted by molar-refractivity contribution is -0.159. The number of carbonyl (C=O) groups is 1. The molecule has 0 radical (unpaired) electrons. The molecule has 0 atom stereocenters. The summed E-state index contributed by atoms with van der Waals surface area (Å²) in [6, 6.07) is 25.7. The third-order valence-corrected chi connectivity index (χ3v) is 6.20. The van der Waals surface area contributed by atoms with Gasteiger partial charge in [0.05, 0.1) is 12.3 Å². The number of carbonyl (C=O) groups excluding carboxylic acids is 1. The zero-order valence-corrected chi connectivity index (χ0v) is 23.3. The number of oxazole rings is 1. The van der Waals surface area contributed by atoms with Crippen LogP contribution in [0.2, 0.25) is 0 Å². The monoisotopic (exact) mass is 528 g/mol. The zero-order chi connectivity index (χ0) is 27.8. The Morgan fingerprint density at radius 1 is 0.846 bits per heavy atom. The van der Waals surface area contributed by atoms with Crippen molar-refractivity contribution in [2.45, 2.75) is 32.8 Å². The second-order valence-electron chi connectivity index (χ2n) is 10.1. The molecule has 0 bridgehead atoms. The van der Waals surface area contributed by atoms with Gasteiger partial charge in [-0.25, -0.2) is 9.78 Å². The summed E-state index contributed by atoms with van der Waals surface area (Å²) in [6.45, 7) is 6.74. The number of hydrogen-bond acceptors (Lipinski definition) is 7. The summed E-state index contributed by atoms with van der Waals surface area (Å²) < 4.78 is 23.1. The maximum absolute atomic E-state index is 12.4. The summed E-state index contributed by atoms with van der Waals surface area (Å²) in [5.41, 5.74) is 3.03. The summed E-state index contributed by atoms with van der Waals surface area (Å²) >= 11 is 0. The van der Waals surface area contributed by atoms with Crippen LogP contribution < -0.4 is 9.47 Å². The summed E-state index contributed by atoms with van der Waals surface area (Å²) in [6.07, 6.45) is 0.613. The van der Waals surface area contributed by atoms with Crippen LogP contribution in [0, 0.1) is 6.92 Å². The number of rotatable bonds is 12. The fraction of sp³-hybridized carbons (Fsp3) is 0.312. The van der Waals surface area contributed by atoms with Crippen LogP contribution in [0.5, 0.6) is 11.5 Å². The lowest BCUT2D eigenvalue weighted by Crippen LogP contribution is -2.40. The maximum atomic E-state index is 12.4. The number of esters is 1. The molecule has 7 heteroatoms. The van der Waals surface area contributed by atoms with Crippen LogP contribution in [0.15, 0.2) is 83.3 Å². The molecule has 0 aliphatic rings. The highest BCUT2D eigenvalue weighted by Crippen LogP contribution is 2.27. The van der Waals surface area contributed by atoms with Gasteiger partial charge < -0.3 is 23.5 Å². The smallest absolute Gasteiger partial charge is 0.349 e. The average Bonchev–Trinajstić information content (AvgIpc) is 3.30. The number of nitrogens with zero attached hydrogens (tertiary/aromatic N) is 2. The van der Waals surface area contributed by atoms with E-state index in [1.165, 1.54) is 5.56 Å². The topological polar surface area (TPSA) is 74.0 Å². The van der Waals surface area contributed by atoms with Crippen molar-refractivity contribution in [2.24, 2.45) is 0 Å². The van der Waals surface area contributed by atoms with Gasteiger partial charge >= 0.3 is 5.97 Å². The molecule has 1 heterocycles. The number of aromatic nitrogens is 1.